The Kier molecular flexibility index (Phi) is 20.5. The van der Waals surface area contributed by atoms with E-state index in [-0.39, 0.29) is 38.3 Å². The van der Waals surface area contributed by atoms with Crippen molar-refractivity contribution < 1.29 is 68.4 Å². The van der Waals surface area contributed by atoms with Gasteiger partial charge in [-0.3, -0.25) is 43.2 Å². The number of nitrogens with zero attached hydrogens (tertiary/aromatic N) is 2. The van der Waals surface area contributed by atoms with Crippen LogP contribution in [0.3, 0.4) is 0 Å². The molecule has 2 fully saturated rings. The van der Waals surface area contributed by atoms with Crippen molar-refractivity contribution in [3.63, 3.8) is 0 Å². The zero-order chi connectivity index (χ0) is 46.3. The van der Waals surface area contributed by atoms with Gasteiger partial charge in [-0.25, -0.2) is 4.79 Å². The molecule has 0 unspecified atom stereocenters. The molecule has 0 aromatic heterocycles. The molecule has 0 aliphatic carbocycles. The van der Waals surface area contributed by atoms with E-state index in [9.17, 15) is 68.4 Å². The van der Waals surface area contributed by atoms with Crippen molar-refractivity contribution in [3.05, 3.63) is 0 Å². The Labute approximate surface area is 353 Å². The van der Waals surface area contributed by atoms with Crippen molar-refractivity contribution in [2.45, 2.75) is 141 Å². The third-order valence-corrected chi connectivity index (χ3v) is 10.3. The van der Waals surface area contributed by atoms with Gasteiger partial charge in [0.2, 0.25) is 47.3 Å². The molecule has 23 nitrogen and oxygen atoms in total. The minimum atomic E-state index is -1.82. The quantitative estimate of drug-likeness (QED) is 0.0465. The number of aliphatic carboxylic acids is 2. The van der Waals surface area contributed by atoms with Crippen molar-refractivity contribution in [3.8, 4) is 0 Å². The van der Waals surface area contributed by atoms with E-state index in [0.717, 1.165) is 11.8 Å². The predicted molar refractivity (Wildman–Crippen MR) is 213 cm³/mol. The number of carbonyl (C=O) groups excluding carboxylic acids is 8. The minimum Gasteiger partial charge on any atom is -0.481 e. The SMILES string of the molecule is CC(C)C[C@H](NC(=O)[C@@H]1CCCN1C(=O)[C@@H]1CCCN1C(=O)[C@H](CO)NC(=O)[C@@H](NC(=O)[C@H](CCC(=O)O)NC(=O)[C@H](C)NC(=O)[C@@H](NC(=O)CN)C(C)C)[C@@H](C)O)C(=O)O. The molecule has 2 aliphatic heterocycles. The summed E-state index contributed by atoms with van der Waals surface area (Å²) in [6, 6.07) is -10.7. The fourth-order valence-electron chi connectivity index (χ4n) is 7.02. The molecule has 0 radical (unpaired) electrons. The number of carboxylic acid groups (broad SMARTS) is 2. The molecule has 9 atom stereocenters. The van der Waals surface area contributed by atoms with Crippen LogP contribution in [0.15, 0.2) is 0 Å². The first kappa shape index (κ1) is 51.7. The van der Waals surface area contributed by atoms with Gasteiger partial charge in [0.1, 0.15) is 48.3 Å². The summed E-state index contributed by atoms with van der Waals surface area (Å²) in [7, 11) is 0. The predicted octanol–water partition coefficient (Wildman–Crippen LogP) is -4.12. The molecule has 344 valence electrons. The van der Waals surface area contributed by atoms with E-state index in [1.54, 1.807) is 27.7 Å². The number of amides is 8. The van der Waals surface area contributed by atoms with Crippen LogP contribution in [0, 0.1) is 11.8 Å². The standard InChI is InChI=1S/C38H63N9O14/c1-18(2)15-23(38(60)61)42-33(55)25-9-7-13-46(25)37(59)26-10-8-14-47(26)36(58)24(17-48)43-35(57)30(21(6)49)45-32(54)22(11-12-28(51)52)41-31(53)20(5)40-34(56)29(19(3)4)44-27(50)16-39/h18-26,29-30,48-49H,7-17,39H2,1-6H3,(H,40,56)(H,41,53)(H,42,55)(H,43,57)(H,44,50)(H,45,54)(H,51,52)(H,60,61)/t20-,21+,22-,23-,24-,25-,26-,29-,30-/m0/s1. The lowest BCUT2D eigenvalue weighted by atomic mass is 10.0. The summed E-state index contributed by atoms with van der Waals surface area (Å²) in [5.74, 6) is -9.69. The van der Waals surface area contributed by atoms with Gasteiger partial charge in [0.05, 0.1) is 19.3 Å². The first-order valence-electron chi connectivity index (χ1n) is 20.4. The smallest absolute Gasteiger partial charge is 0.326 e. The molecule has 0 spiro atoms. The Balaban J connectivity index is 2.19. The van der Waals surface area contributed by atoms with Crippen LogP contribution in [-0.2, 0) is 47.9 Å². The third kappa shape index (κ3) is 15.2. The second kappa shape index (κ2) is 24.1. The second-order valence-electron chi connectivity index (χ2n) is 16.1. The van der Waals surface area contributed by atoms with E-state index in [0.29, 0.717) is 12.8 Å². The number of aliphatic hydroxyl groups is 2. The number of hydrogen-bond acceptors (Lipinski definition) is 13. The lowest BCUT2D eigenvalue weighted by Crippen LogP contribution is -2.62. The van der Waals surface area contributed by atoms with Gasteiger partial charge >= 0.3 is 11.9 Å². The zero-order valence-corrected chi connectivity index (χ0v) is 35.5. The van der Waals surface area contributed by atoms with Gasteiger partial charge in [-0.2, -0.15) is 0 Å². The average Bonchev–Trinajstić information content (AvgIpc) is 3.89. The minimum absolute atomic E-state index is 0.0402. The molecule has 12 N–H and O–H groups in total. The molecular formula is C38H63N9O14. The first-order valence-corrected chi connectivity index (χ1v) is 20.4. The number of nitrogens with one attached hydrogen (secondary N) is 6. The summed E-state index contributed by atoms with van der Waals surface area (Å²) >= 11 is 0. The van der Waals surface area contributed by atoms with Crippen molar-refractivity contribution in [2.24, 2.45) is 17.6 Å². The third-order valence-electron chi connectivity index (χ3n) is 10.3. The zero-order valence-electron chi connectivity index (χ0n) is 35.5. The van der Waals surface area contributed by atoms with Crippen molar-refractivity contribution in [1.29, 1.82) is 0 Å². The molecule has 2 heterocycles. The molecule has 61 heavy (non-hydrogen) atoms. The Morgan fingerprint density at radius 3 is 1.77 bits per heavy atom. The highest BCUT2D eigenvalue weighted by Gasteiger charge is 2.44. The van der Waals surface area contributed by atoms with E-state index < -0.39 is 146 Å². The van der Waals surface area contributed by atoms with E-state index in [2.05, 4.69) is 31.9 Å². The van der Waals surface area contributed by atoms with Crippen LogP contribution < -0.4 is 37.6 Å². The van der Waals surface area contributed by atoms with E-state index in [1.807, 2.05) is 0 Å². The molecule has 23 heteroatoms. The number of likely N-dealkylation sites (tertiary alicyclic amines) is 2. The molecule has 0 saturated carbocycles. The fraction of sp³-hybridized carbons (Fsp3) is 0.737. The highest BCUT2D eigenvalue weighted by Crippen LogP contribution is 2.26. The maximum atomic E-state index is 13.9. The number of rotatable bonds is 23. The average molecular weight is 870 g/mol. The second-order valence-corrected chi connectivity index (χ2v) is 16.1. The lowest BCUT2D eigenvalue weighted by molar-refractivity contribution is -0.149. The number of carbonyl (C=O) groups is 10. The van der Waals surface area contributed by atoms with Crippen LogP contribution in [0.1, 0.15) is 86.5 Å². The summed E-state index contributed by atoms with van der Waals surface area (Å²) in [4.78, 5) is 131. The van der Waals surface area contributed by atoms with E-state index in [1.165, 1.54) is 11.8 Å². The molecule has 2 saturated heterocycles. The monoisotopic (exact) mass is 869 g/mol. The van der Waals surface area contributed by atoms with Crippen LogP contribution in [0.5, 0.6) is 0 Å². The maximum Gasteiger partial charge on any atom is 0.326 e. The summed E-state index contributed by atoms with van der Waals surface area (Å²) < 4.78 is 0. The Morgan fingerprint density at radius 2 is 1.25 bits per heavy atom. The normalized spacial score (nSPS) is 19.7. The molecular weight excluding hydrogens is 806 g/mol. The Hall–Kier alpha value is -5.42. The van der Waals surface area contributed by atoms with Gasteiger partial charge in [0, 0.05) is 19.5 Å². The summed E-state index contributed by atoms with van der Waals surface area (Å²) in [6.45, 7) is 8.12. The van der Waals surface area contributed by atoms with Gasteiger partial charge in [-0.1, -0.05) is 27.7 Å². The van der Waals surface area contributed by atoms with Gasteiger partial charge < -0.3 is 67.9 Å². The van der Waals surface area contributed by atoms with Crippen LogP contribution in [0.4, 0.5) is 0 Å². The fourth-order valence-corrected chi connectivity index (χ4v) is 7.02. The summed E-state index contributed by atoms with van der Waals surface area (Å²) in [5.41, 5.74) is 5.32. The van der Waals surface area contributed by atoms with Crippen molar-refractivity contribution in [1.82, 2.24) is 41.7 Å². The summed E-state index contributed by atoms with van der Waals surface area (Å²) in [6.07, 6.45) is -1.36. The summed E-state index contributed by atoms with van der Waals surface area (Å²) in [5, 5.41) is 53.9. The topological polar surface area (TPSA) is 356 Å². The van der Waals surface area contributed by atoms with Crippen LogP contribution in [-0.4, -0.2) is 170 Å². The molecule has 8 amide bonds. The number of nitrogens with two attached hydrogens (primary N) is 1. The van der Waals surface area contributed by atoms with Gasteiger partial charge in [-0.15, -0.1) is 0 Å². The molecule has 0 bridgehead atoms. The molecule has 2 rings (SSSR count). The van der Waals surface area contributed by atoms with Crippen molar-refractivity contribution in [2.75, 3.05) is 26.2 Å². The van der Waals surface area contributed by atoms with Crippen LogP contribution in [0.2, 0.25) is 0 Å². The molecule has 0 aromatic carbocycles. The number of hydrogen-bond donors (Lipinski definition) is 11. The largest absolute Gasteiger partial charge is 0.481 e. The Bertz CT molecular complexity index is 1630. The van der Waals surface area contributed by atoms with Gasteiger partial charge in [0.15, 0.2) is 0 Å². The van der Waals surface area contributed by atoms with Crippen molar-refractivity contribution >= 4 is 59.2 Å². The van der Waals surface area contributed by atoms with Crippen LogP contribution in [0.25, 0.3) is 0 Å². The number of aliphatic hydroxyl groups excluding tert-OH is 2. The Morgan fingerprint density at radius 1 is 0.672 bits per heavy atom. The van der Waals surface area contributed by atoms with E-state index in [4.69, 9.17) is 5.73 Å². The van der Waals surface area contributed by atoms with Gasteiger partial charge in [-0.05, 0) is 64.2 Å². The van der Waals surface area contributed by atoms with E-state index >= 15 is 0 Å². The number of carboxylic acids is 2. The molecule has 2 aliphatic rings. The van der Waals surface area contributed by atoms with Crippen LogP contribution >= 0.6 is 0 Å². The van der Waals surface area contributed by atoms with Gasteiger partial charge in [0.25, 0.3) is 0 Å². The molecule has 0 aromatic rings. The first-order chi connectivity index (χ1) is 28.5. The highest BCUT2D eigenvalue weighted by molar-refractivity contribution is 5.98. The lowest BCUT2D eigenvalue weighted by Gasteiger charge is -2.33. The maximum absolute atomic E-state index is 13.9. The highest BCUT2D eigenvalue weighted by atomic mass is 16.4.